The first kappa shape index (κ1) is 17.9. The van der Waals surface area contributed by atoms with Gasteiger partial charge in [-0.3, -0.25) is 15.0 Å². The van der Waals surface area contributed by atoms with E-state index >= 15 is 0 Å². The summed E-state index contributed by atoms with van der Waals surface area (Å²) in [6.07, 6.45) is 0. The van der Waals surface area contributed by atoms with Gasteiger partial charge in [-0.05, 0) is 54.1 Å². The molecule has 5 heteroatoms. The zero-order valence-electron chi connectivity index (χ0n) is 15.2. The maximum Gasteiger partial charge on any atom is 0.269 e. The monoisotopic (exact) mass is 350 g/mol. The molecule has 3 rings (SSSR count). The molecule has 0 aromatic heterocycles. The number of hydrogen-bond donors (Lipinski definition) is 0. The van der Waals surface area contributed by atoms with Crippen LogP contribution >= 0.6 is 0 Å². The van der Waals surface area contributed by atoms with Crippen molar-refractivity contribution in [3.8, 4) is 5.75 Å². The highest BCUT2D eigenvalue weighted by molar-refractivity contribution is 5.84. The van der Waals surface area contributed by atoms with Gasteiger partial charge >= 0.3 is 0 Å². The van der Waals surface area contributed by atoms with Crippen LogP contribution in [0, 0.1) is 10.1 Å². The molecular weight excluding hydrogens is 328 g/mol. The van der Waals surface area contributed by atoms with Gasteiger partial charge in [0.2, 0.25) is 0 Å². The Morgan fingerprint density at radius 3 is 2.54 bits per heavy atom. The number of benzene rings is 3. The second-order valence-corrected chi connectivity index (χ2v) is 6.49. The predicted octanol–water partition coefficient (Wildman–Crippen LogP) is 4.95. The Hall–Kier alpha value is -2.92. The van der Waals surface area contributed by atoms with Crippen LogP contribution in [0.3, 0.4) is 0 Å². The van der Waals surface area contributed by atoms with Gasteiger partial charge in [-0.25, -0.2) is 0 Å². The molecule has 0 aliphatic carbocycles. The minimum atomic E-state index is -0.353. The molecule has 3 aromatic carbocycles. The highest BCUT2D eigenvalue weighted by Crippen LogP contribution is 2.26. The molecule has 0 aliphatic heterocycles. The molecule has 0 N–H and O–H groups in total. The van der Waals surface area contributed by atoms with Crippen LogP contribution in [0.1, 0.15) is 24.1 Å². The molecule has 0 amide bonds. The van der Waals surface area contributed by atoms with Gasteiger partial charge in [-0.1, -0.05) is 30.3 Å². The molecule has 0 saturated heterocycles. The number of nitrogens with zero attached hydrogens (tertiary/aromatic N) is 2. The summed E-state index contributed by atoms with van der Waals surface area (Å²) in [7, 11) is 3.70. The standard InChI is InChI=1S/C21H22N2O3/c1-15(17-5-4-6-20(12-17)23(24)25)22(2)14-16-7-8-19-13-21(26-3)10-9-18(19)11-16/h4-13,15H,14H2,1-3H3. The summed E-state index contributed by atoms with van der Waals surface area (Å²) in [5.74, 6) is 0.849. The molecule has 0 spiro atoms. The number of fused-ring (bicyclic) bond motifs is 1. The molecular formula is C21H22N2O3. The van der Waals surface area contributed by atoms with E-state index in [-0.39, 0.29) is 16.7 Å². The summed E-state index contributed by atoms with van der Waals surface area (Å²) in [4.78, 5) is 12.8. The van der Waals surface area contributed by atoms with Gasteiger partial charge in [0.05, 0.1) is 12.0 Å². The van der Waals surface area contributed by atoms with E-state index in [0.29, 0.717) is 0 Å². The molecule has 26 heavy (non-hydrogen) atoms. The van der Waals surface area contributed by atoms with Gasteiger partial charge in [0, 0.05) is 24.7 Å². The van der Waals surface area contributed by atoms with Crippen molar-refractivity contribution in [2.24, 2.45) is 0 Å². The lowest BCUT2D eigenvalue weighted by molar-refractivity contribution is -0.384. The molecule has 0 fully saturated rings. The van der Waals surface area contributed by atoms with Gasteiger partial charge < -0.3 is 4.74 Å². The van der Waals surface area contributed by atoms with Crippen molar-refractivity contribution in [3.63, 3.8) is 0 Å². The Morgan fingerprint density at radius 2 is 1.81 bits per heavy atom. The van der Waals surface area contributed by atoms with Crippen molar-refractivity contribution in [3.05, 3.63) is 81.9 Å². The maximum absolute atomic E-state index is 11.0. The average molecular weight is 350 g/mol. The van der Waals surface area contributed by atoms with Gasteiger partial charge in [0.1, 0.15) is 5.75 Å². The molecule has 1 atom stereocenters. The lowest BCUT2D eigenvalue weighted by atomic mass is 10.0. The second kappa shape index (κ2) is 7.54. The average Bonchev–Trinajstić information content (AvgIpc) is 2.66. The topological polar surface area (TPSA) is 55.6 Å². The smallest absolute Gasteiger partial charge is 0.269 e. The minimum absolute atomic E-state index is 0.0708. The Kier molecular flexibility index (Phi) is 5.19. The summed E-state index contributed by atoms with van der Waals surface area (Å²) >= 11 is 0. The van der Waals surface area contributed by atoms with Gasteiger partial charge in [0.25, 0.3) is 5.69 Å². The number of nitro groups is 1. The van der Waals surface area contributed by atoms with Crippen molar-refractivity contribution in [2.45, 2.75) is 19.5 Å². The summed E-state index contributed by atoms with van der Waals surface area (Å²) in [5.41, 5.74) is 2.26. The number of methoxy groups -OCH3 is 1. The van der Waals surface area contributed by atoms with Crippen LogP contribution in [0.4, 0.5) is 5.69 Å². The fourth-order valence-electron chi connectivity index (χ4n) is 3.08. The van der Waals surface area contributed by atoms with Crippen LogP contribution < -0.4 is 4.74 Å². The quantitative estimate of drug-likeness (QED) is 0.466. The third-order valence-corrected chi connectivity index (χ3v) is 4.77. The summed E-state index contributed by atoms with van der Waals surface area (Å²) in [5, 5.41) is 13.3. The van der Waals surface area contributed by atoms with E-state index in [1.165, 1.54) is 17.0 Å². The van der Waals surface area contributed by atoms with Crippen molar-refractivity contribution in [1.29, 1.82) is 0 Å². The number of nitro benzene ring substituents is 1. The maximum atomic E-state index is 11.0. The molecule has 0 heterocycles. The van der Waals surface area contributed by atoms with E-state index in [4.69, 9.17) is 4.74 Å². The third kappa shape index (κ3) is 3.83. The Bertz CT molecular complexity index is 939. The first-order valence-corrected chi connectivity index (χ1v) is 8.49. The first-order valence-electron chi connectivity index (χ1n) is 8.49. The molecule has 0 bridgehead atoms. The zero-order chi connectivity index (χ0) is 18.7. The SMILES string of the molecule is COc1ccc2cc(CN(C)C(C)c3cccc([N+](=O)[O-])c3)ccc2c1. The van der Waals surface area contributed by atoms with Crippen LogP contribution in [0.5, 0.6) is 5.75 Å². The Morgan fingerprint density at radius 1 is 1.08 bits per heavy atom. The summed E-state index contributed by atoms with van der Waals surface area (Å²) < 4.78 is 5.27. The predicted molar refractivity (Wildman–Crippen MR) is 103 cm³/mol. The number of rotatable bonds is 6. The molecule has 1 unspecified atom stereocenters. The van der Waals surface area contributed by atoms with Gasteiger partial charge in [-0.2, -0.15) is 0 Å². The van der Waals surface area contributed by atoms with Crippen LogP contribution in [0.25, 0.3) is 10.8 Å². The Labute approximate surface area is 153 Å². The van der Waals surface area contributed by atoms with E-state index < -0.39 is 0 Å². The van der Waals surface area contributed by atoms with Crippen LogP contribution in [-0.4, -0.2) is 24.0 Å². The Balaban J connectivity index is 1.78. The molecule has 0 aliphatic rings. The zero-order valence-corrected chi connectivity index (χ0v) is 15.2. The van der Waals surface area contributed by atoms with Crippen LogP contribution in [-0.2, 0) is 6.54 Å². The molecule has 3 aromatic rings. The second-order valence-electron chi connectivity index (χ2n) is 6.49. The van der Waals surface area contributed by atoms with Gasteiger partial charge in [0.15, 0.2) is 0 Å². The largest absolute Gasteiger partial charge is 0.497 e. The highest BCUT2D eigenvalue weighted by atomic mass is 16.6. The number of ether oxygens (including phenoxy) is 1. The van der Waals surface area contributed by atoms with E-state index in [2.05, 4.69) is 36.1 Å². The summed E-state index contributed by atoms with van der Waals surface area (Å²) in [6.45, 7) is 2.82. The van der Waals surface area contributed by atoms with Gasteiger partial charge in [-0.15, -0.1) is 0 Å². The van der Waals surface area contributed by atoms with Crippen molar-refractivity contribution in [1.82, 2.24) is 4.90 Å². The molecule has 5 nitrogen and oxygen atoms in total. The third-order valence-electron chi connectivity index (χ3n) is 4.77. The lowest BCUT2D eigenvalue weighted by Gasteiger charge is -2.25. The van der Waals surface area contributed by atoms with Crippen molar-refractivity contribution < 1.29 is 9.66 Å². The van der Waals surface area contributed by atoms with Crippen LogP contribution in [0.15, 0.2) is 60.7 Å². The van der Waals surface area contributed by atoms with E-state index in [9.17, 15) is 10.1 Å². The van der Waals surface area contributed by atoms with Crippen LogP contribution in [0.2, 0.25) is 0 Å². The van der Waals surface area contributed by atoms with Crippen molar-refractivity contribution >= 4 is 16.5 Å². The molecule has 0 saturated carbocycles. The highest BCUT2D eigenvalue weighted by Gasteiger charge is 2.15. The van der Waals surface area contributed by atoms with Crippen molar-refractivity contribution in [2.75, 3.05) is 14.2 Å². The number of hydrogen-bond acceptors (Lipinski definition) is 4. The molecule has 134 valence electrons. The van der Waals surface area contributed by atoms with E-state index in [1.54, 1.807) is 19.2 Å². The normalized spacial score (nSPS) is 12.3. The lowest BCUT2D eigenvalue weighted by Crippen LogP contribution is -2.22. The van der Waals surface area contributed by atoms with E-state index in [1.807, 2.05) is 25.2 Å². The first-order chi connectivity index (χ1) is 12.5. The number of non-ortho nitro benzene ring substituents is 1. The fraction of sp³-hybridized carbons (Fsp3) is 0.238. The summed E-state index contributed by atoms with van der Waals surface area (Å²) in [6, 6.07) is 19.3. The minimum Gasteiger partial charge on any atom is -0.497 e. The fourth-order valence-corrected chi connectivity index (χ4v) is 3.08. The molecule has 0 radical (unpaired) electrons. The van der Waals surface area contributed by atoms with E-state index in [0.717, 1.165) is 23.2 Å².